The second-order valence-corrected chi connectivity index (χ2v) is 8.19. The number of carbonyl (C=O) groups is 3. The summed E-state index contributed by atoms with van der Waals surface area (Å²) < 4.78 is 0.876. The van der Waals surface area contributed by atoms with Crippen LogP contribution in [0.1, 0.15) is 24.1 Å². The van der Waals surface area contributed by atoms with E-state index < -0.39 is 23.7 Å². The van der Waals surface area contributed by atoms with Crippen molar-refractivity contribution >= 4 is 56.6 Å². The van der Waals surface area contributed by atoms with Gasteiger partial charge in [-0.2, -0.15) is 0 Å². The van der Waals surface area contributed by atoms with Crippen LogP contribution in [0.4, 0.5) is 0 Å². The Bertz CT molecular complexity index is 914. The number of benzene rings is 2. The van der Waals surface area contributed by atoms with Gasteiger partial charge < -0.3 is 4.90 Å². The van der Waals surface area contributed by atoms with E-state index in [2.05, 4.69) is 15.9 Å². The van der Waals surface area contributed by atoms with Gasteiger partial charge in [-0.05, 0) is 48.7 Å². The van der Waals surface area contributed by atoms with Crippen LogP contribution in [0.2, 0.25) is 10.0 Å². The number of amides is 1. The molecular weight excluding hydrogens is 453 g/mol. The van der Waals surface area contributed by atoms with Crippen LogP contribution in [-0.4, -0.2) is 28.9 Å². The summed E-state index contributed by atoms with van der Waals surface area (Å²) in [7, 11) is 0. The number of hydrogen-bond donors (Lipinski definition) is 0. The molecule has 0 spiro atoms. The van der Waals surface area contributed by atoms with E-state index in [9.17, 15) is 14.4 Å². The molecule has 0 aromatic heterocycles. The Morgan fingerprint density at radius 2 is 1.78 bits per heavy atom. The second-order valence-electron chi connectivity index (χ2n) is 6.43. The van der Waals surface area contributed by atoms with Crippen LogP contribution < -0.4 is 0 Å². The summed E-state index contributed by atoms with van der Waals surface area (Å²) in [6.07, 6.45) is 0.451. The van der Waals surface area contributed by atoms with Crippen LogP contribution in [0.5, 0.6) is 0 Å². The Hall–Kier alpha value is -1.69. The summed E-state index contributed by atoms with van der Waals surface area (Å²) in [5.41, 5.74) is 1.57. The molecule has 1 saturated heterocycles. The van der Waals surface area contributed by atoms with Gasteiger partial charge >= 0.3 is 0 Å². The van der Waals surface area contributed by atoms with Crippen molar-refractivity contribution in [2.24, 2.45) is 5.92 Å². The van der Waals surface area contributed by atoms with Gasteiger partial charge in [-0.15, -0.1) is 0 Å². The van der Waals surface area contributed by atoms with E-state index in [4.69, 9.17) is 23.2 Å². The normalized spacial score (nSPS) is 19.6. The Kier molecular flexibility index (Phi) is 6.04. The van der Waals surface area contributed by atoms with Crippen molar-refractivity contribution < 1.29 is 14.4 Å². The van der Waals surface area contributed by atoms with Gasteiger partial charge in [0, 0.05) is 21.1 Å². The molecule has 0 saturated carbocycles. The molecule has 0 radical (unpaired) electrons. The molecule has 0 aliphatic carbocycles. The molecule has 27 heavy (non-hydrogen) atoms. The molecule has 1 aliphatic rings. The smallest absolute Gasteiger partial charge is 0.291 e. The van der Waals surface area contributed by atoms with Gasteiger partial charge in [-0.3, -0.25) is 14.4 Å². The standard InChI is InChI=1S/C20H16BrCl2NO3/c1-11(25)17-18(13-2-5-14(21)6-3-13)24(20(27)19(17)26)9-8-12-4-7-15(22)10-16(12)23/h2-7,10,17-18H,8-9H2,1H3. The summed E-state index contributed by atoms with van der Waals surface area (Å²) in [6, 6.07) is 11.8. The third-order valence-corrected chi connectivity index (χ3v) is 5.81. The van der Waals surface area contributed by atoms with Gasteiger partial charge in [0.15, 0.2) is 0 Å². The number of ketones is 2. The topological polar surface area (TPSA) is 54.5 Å². The molecule has 0 bridgehead atoms. The van der Waals surface area contributed by atoms with Crippen molar-refractivity contribution in [1.29, 1.82) is 0 Å². The Morgan fingerprint density at radius 1 is 1.11 bits per heavy atom. The Balaban J connectivity index is 1.92. The first-order chi connectivity index (χ1) is 12.8. The predicted molar refractivity (Wildman–Crippen MR) is 108 cm³/mol. The molecular formula is C20H16BrCl2NO3. The molecule has 0 N–H and O–H groups in total. The van der Waals surface area contributed by atoms with Crippen LogP contribution in [-0.2, 0) is 20.8 Å². The fraction of sp³-hybridized carbons (Fsp3) is 0.250. The number of nitrogens with zero attached hydrogens (tertiary/aromatic N) is 1. The number of halogens is 3. The van der Waals surface area contributed by atoms with E-state index in [0.29, 0.717) is 16.5 Å². The Labute approximate surface area is 175 Å². The lowest BCUT2D eigenvalue weighted by molar-refractivity contribution is -0.142. The molecule has 1 amide bonds. The molecule has 2 aromatic rings. The minimum absolute atomic E-state index is 0.274. The van der Waals surface area contributed by atoms with Crippen LogP contribution in [0.15, 0.2) is 46.9 Å². The number of likely N-dealkylation sites (tertiary alicyclic amines) is 1. The quantitative estimate of drug-likeness (QED) is 0.473. The SMILES string of the molecule is CC(=O)C1C(=O)C(=O)N(CCc2ccc(Cl)cc2Cl)C1c1ccc(Br)cc1. The fourth-order valence-electron chi connectivity index (χ4n) is 3.37. The van der Waals surface area contributed by atoms with Crippen LogP contribution >= 0.6 is 39.1 Å². The zero-order valence-electron chi connectivity index (χ0n) is 14.4. The summed E-state index contributed by atoms with van der Waals surface area (Å²) in [5.74, 6) is -2.58. The van der Waals surface area contributed by atoms with Gasteiger partial charge in [-0.1, -0.05) is 57.3 Å². The van der Waals surface area contributed by atoms with Gasteiger partial charge in [0.25, 0.3) is 5.91 Å². The molecule has 7 heteroatoms. The summed E-state index contributed by atoms with van der Waals surface area (Å²) in [5, 5.41) is 1.03. The highest BCUT2D eigenvalue weighted by Gasteiger charge is 2.49. The minimum atomic E-state index is -0.987. The van der Waals surface area contributed by atoms with Crippen molar-refractivity contribution in [3.05, 3.63) is 68.1 Å². The highest BCUT2D eigenvalue weighted by molar-refractivity contribution is 9.10. The first-order valence-corrected chi connectivity index (χ1v) is 9.89. The van der Waals surface area contributed by atoms with Crippen molar-refractivity contribution in [2.45, 2.75) is 19.4 Å². The molecule has 2 atom stereocenters. The molecule has 3 rings (SSSR count). The minimum Gasteiger partial charge on any atom is -0.328 e. The fourth-order valence-corrected chi connectivity index (χ4v) is 4.14. The lowest BCUT2D eigenvalue weighted by Gasteiger charge is -2.27. The van der Waals surface area contributed by atoms with E-state index in [0.717, 1.165) is 15.6 Å². The maximum atomic E-state index is 12.6. The first kappa shape index (κ1) is 20.1. The summed E-state index contributed by atoms with van der Waals surface area (Å²) >= 11 is 15.5. The third-order valence-electron chi connectivity index (χ3n) is 4.69. The maximum Gasteiger partial charge on any atom is 0.291 e. The Morgan fingerprint density at radius 3 is 2.37 bits per heavy atom. The number of rotatable bonds is 5. The second kappa shape index (κ2) is 8.13. The molecule has 2 unspecified atom stereocenters. The predicted octanol–water partition coefficient (Wildman–Crippen LogP) is 4.66. The monoisotopic (exact) mass is 467 g/mol. The summed E-state index contributed by atoms with van der Waals surface area (Å²) in [6.45, 7) is 1.62. The number of Topliss-reactive ketones (excluding diaryl/α,β-unsaturated/α-hetero) is 2. The molecule has 2 aromatic carbocycles. The van der Waals surface area contributed by atoms with Crippen LogP contribution in [0, 0.1) is 5.92 Å². The molecule has 4 nitrogen and oxygen atoms in total. The van der Waals surface area contributed by atoms with Crippen molar-refractivity contribution in [1.82, 2.24) is 4.90 Å². The zero-order chi connectivity index (χ0) is 19.7. The van der Waals surface area contributed by atoms with E-state index in [1.54, 1.807) is 18.2 Å². The number of carbonyl (C=O) groups excluding carboxylic acids is 3. The lowest BCUT2D eigenvalue weighted by Crippen LogP contribution is -2.32. The average Bonchev–Trinajstić information content (AvgIpc) is 2.86. The largest absolute Gasteiger partial charge is 0.328 e. The highest BCUT2D eigenvalue weighted by Crippen LogP contribution is 2.37. The van der Waals surface area contributed by atoms with Gasteiger partial charge in [-0.25, -0.2) is 0 Å². The first-order valence-electron chi connectivity index (χ1n) is 8.34. The van der Waals surface area contributed by atoms with Gasteiger partial charge in [0.2, 0.25) is 5.78 Å². The van der Waals surface area contributed by atoms with E-state index in [1.165, 1.54) is 11.8 Å². The van der Waals surface area contributed by atoms with E-state index in [1.807, 2.05) is 24.3 Å². The number of hydrogen-bond acceptors (Lipinski definition) is 3. The van der Waals surface area contributed by atoms with Crippen LogP contribution in [0.3, 0.4) is 0 Å². The molecule has 1 aliphatic heterocycles. The zero-order valence-corrected chi connectivity index (χ0v) is 17.5. The van der Waals surface area contributed by atoms with Gasteiger partial charge in [0.1, 0.15) is 11.7 Å². The van der Waals surface area contributed by atoms with E-state index >= 15 is 0 Å². The molecule has 140 valence electrons. The average molecular weight is 469 g/mol. The van der Waals surface area contributed by atoms with E-state index in [-0.39, 0.29) is 12.3 Å². The van der Waals surface area contributed by atoms with Crippen molar-refractivity contribution in [2.75, 3.05) is 6.54 Å². The van der Waals surface area contributed by atoms with Crippen molar-refractivity contribution in [3.8, 4) is 0 Å². The van der Waals surface area contributed by atoms with Crippen molar-refractivity contribution in [3.63, 3.8) is 0 Å². The third kappa shape index (κ3) is 4.10. The molecule has 1 fully saturated rings. The van der Waals surface area contributed by atoms with Gasteiger partial charge in [0.05, 0.1) is 6.04 Å². The molecule has 1 heterocycles. The summed E-state index contributed by atoms with van der Waals surface area (Å²) in [4.78, 5) is 38.7. The lowest BCUT2D eigenvalue weighted by atomic mass is 9.90. The maximum absolute atomic E-state index is 12.6. The van der Waals surface area contributed by atoms with Crippen LogP contribution in [0.25, 0.3) is 0 Å². The highest BCUT2D eigenvalue weighted by atomic mass is 79.9.